The van der Waals surface area contributed by atoms with E-state index in [1.54, 1.807) is 0 Å². The Morgan fingerprint density at radius 3 is 2.88 bits per heavy atom. The van der Waals surface area contributed by atoms with Crippen LogP contribution in [0.1, 0.15) is 33.1 Å². The quantitative estimate of drug-likeness (QED) is 0.724. The van der Waals surface area contributed by atoms with E-state index in [1.807, 2.05) is 0 Å². The Morgan fingerprint density at radius 1 is 1.25 bits per heavy atom. The topological polar surface area (TPSA) is 15.7 Å². The van der Waals surface area contributed by atoms with Gasteiger partial charge in [-0.15, -0.1) is 0 Å². The van der Waals surface area contributed by atoms with Crippen LogP contribution in [0.5, 0.6) is 0 Å². The van der Waals surface area contributed by atoms with Crippen molar-refractivity contribution in [1.82, 2.24) is 9.80 Å². The number of rotatable bonds is 4. The Kier molecular flexibility index (Phi) is 4.62. The summed E-state index contributed by atoms with van der Waals surface area (Å²) in [5.74, 6) is 0. The smallest absolute Gasteiger partial charge is 0.0673 e. The average molecular weight is 226 g/mol. The molecule has 0 aromatic heterocycles. The van der Waals surface area contributed by atoms with Crippen LogP contribution in [0.2, 0.25) is 0 Å². The molecule has 0 radical (unpaired) electrons. The first-order valence-electron chi connectivity index (χ1n) is 6.87. The molecule has 0 bridgehead atoms. The zero-order valence-corrected chi connectivity index (χ0v) is 10.8. The second-order valence-corrected chi connectivity index (χ2v) is 5.21. The van der Waals surface area contributed by atoms with Crippen molar-refractivity contribution in [2.24, 2.45) is 0 Å². The van der Waals surface area contributed by atoms with Crippen LogP contribution >= 0.6 is 0 Å². The lowest BCUT2D eigenvalue weighted by molar-refractivity contribution is 0.0440. The van der Waals surface area contributed by atoms with Crippen molar-refractivity contribution in [2.75, 3.05) is 39.3 Å². The van der Waals surface area contributed by atoms with Crippen molar-refractivity contribution in [3.8, 4) is 0 Å². The molecular formula is C13H26N2O. The third-order valence-corrected chi connectivity index (χ3v) is 3.85. The van der Waals surface area contributed by atoms with Gasteiger partial charge in [0.2, 0.25) is 0 Å². The first-order valence-corrected chi connectivity index (χ1v) is 6.87. The van der Waals surface area contributed by atoms with E-state index in [4.69, 9.17) is 4.74 Å². The van der Waals surface area contributed by atoms with Gasteiger partial charge in [0.15, 0.2) is 0 Å². The van der Waals surface area contributed by atoms with Crippen LogP contribution in [0, 0.1) is 0 Å². The molecule has 2 aliphatic heterocycles. The molecule has 0 saturated carbocycles. The predicted octanol–water partition coefficient (Wildman–Crippen LogP) is 1.58. The molecule has 2 fully saturated rings. The fourth-order valence-corrected chi connectivity index (χ4v) is 3.15. The van der Waals surface area contributed by atoms with Gasteiger partial charge in [0.25, 0.3) is 0 Å². The number of hydrogen-bond donors (Lipinski definition) is 0. The number of ether oxygens (including phenoxy) is 1. The summed E-state index contributed by atoms with van der Waals surface area (Å²) in [5, 5.41) is 0. The van der Waals surface area contributed by atoms with Crippen molar-refractivity contribution in [3.63, 3.8) is 0 Å². The van der Waals surface area contributed by atoms with E-state index in [2.05, 4.69) is 23.6 Å². The fraction of sp³-hybridized carbons (Fsp3) is 1.00. The molecule has 0 aromatic rings. The van der Waals surface area contributed by atoms with Gasteiger partial charge >= 0.3 is 0 Å². The maximum absolute atomic E-state index is 5.64. The molecule has 0 aliphatic carbocycles. The summed E-state index contributed by atoms with van der Waals surface area (Å²) < 4.78 is 5.64. The summed E-state index contributed by atoms with van der Waals surface area (Å²) in [6.07, 6.45) is 4.52. The van der Waals surface area contributed by atoms with Gasteiger partial charge in [-0.2, -0.15) is 0 Å². The van der Waals surface area contributed by atoms with Crippen LogP contribution in [0.4, 0.5) is 0 Å². The molecule has 0 N–H and O–H groups in total. The number of nitrogens with zero attached hydrogens (tertiary/aromatic N) is 2. The van der Waals surface area contributed by atoms with E-state index >= 15 is 0 Å². The van der Waals surface area contributed by atoms with Crippen LogP contribution in [0.25, 0.3) is 0 Å². The van der Waals surface area contributed by atoms with Gasteiger partial charge in [0.1, 0.15) is 0 Å². The lowest BCUT2D eigenvalue weighted by Gasteiger charge is -2.27. The van der Waals surface area contributed by atoms with Crippen molar-refractivity contribution in [3.05, 3.63) is 0 Å². The summed E-state index contributed by atoms with van der Waals surface area (Å²) in [5.41, 5.74) is 0. The molecule has 3 heteroatoms. The second-order valence-electron chi connectivity index (χ2n) is 5.21. The summed E-state index contributed by atoms with van der Waals surface area (Å²) in [7, 11) is 0. The Balaban J connectivity index is 1.81. The maximum atomic E-state index is 5.64. The third kappa shape index (κ3) is 3.19. The van der Waals surface area contributed by atoms with Crippen LogP contribution in [-0.2, 0) is 4.74 Å². The molecule has 2 heterocycles. The second kappa shape index (κ2) is 5.99. The van der Waals surface area contributed by atoms with Crippen LogP contribution in [0.3, 0.4) is 0 Å². The standard InChI is InChI=1S/C13H26N2O/c1-3-16-12(2)10-14-7-5-9-15-8-4-6-13(15)11-14/h12-13H,3-11H2,1-2H3. The number of fused-ring (bicyclic) bond motifs is 1. The van der Waals surface area contributed by atoms with E-state index in [1.165, 1.54) is 45.4 Å². The summed E-state index contributed by atoms with van der Waals surface area (Å²) in [6.45, 7) is 11.4. The van der Waals surface area contributed by atoms with Crippen LogP contribution in [0.15, 0.2) is 0 Å². The van der Waals surface area contributed by atoms with Gasteiger partial charge in [-0.3, -0.25) is 9.80 Å². The first-order chi connectivity index (χ1) is 7.79. The molecule has 2 saturated heterocycles. The molecular weight excluding hydrogens is 200 g/mol. The minimum atomic E-state index is 0.387. The number of hydrogen-bond acceptors (Lipinski definition) is 3. The Bertz CT molecular complexity index is 210. The molecule has 0 spiro atoms. The van der Waals surface area contributed by atoms with Gasteiger partial charge in [-0.1, -0.05) is 0 Å². The van der Waals surface area contributed by atoms with Crippen molar-refractivity contribution in [1.29, 1.82) is 0 Å². The Hall–Kier alpha value is -0.120. The van der Waals surface area contributed by atoms with E-state index in [0.717, 1.165) is 19.2 Å². The van der Waals surface area contributed by atoms with E-state index in [-0.39, 0.29) is 0 Å². The van der Waals surface area contributed by atoms with Gasteiger partial charge in [-0.05, 0) is 52.7 Å². The molecule has 94 valence electrons. The highest BCUT2D eigenvalue weighted by molar-refractivity contribution is 4.85. The minimum absolute atomic E-state index is 0.387. The molecule has 2 unspecified atom stereocenters. The van der Waals surface area contributed by atoms with Gasteiger partial charge in [0.05, 0.1) is 6.10 Å². The highest BCUT2D eigenvalue weighted by atomic mass is 16.5. The van der Waals surface area contributed by atoms with Crippen molar-refractivity contribution in [2.45, 2.75) is 45.3 Å². The normalized spacial score (nSPS) is 30.0. The first kappa shape index (κ1) is 12.3. The third-order valence-electron chi connectivity index (χ3n) is 3.85. The molecule has 16 heavy (non-hydrogen) atoms. The van der Waals surface area contributed by atoms with Gasteiger partial charge in [-0.25, -0.2) is 0 Å². The summed E-state index contributed by atoms with van der Waals surface area (Å²) in [4.78, 5) is 5.29. The average Bonchev–Trinajstić information content (AvgIpc) is 2.58. The SMILES string of the molecule is CCOC(C)CN1CCCN2CCCC2C1. The fourth-order valence-electron chi connectivity index (χ4n) is 3.15. The Labute approximate surface area is 99.7 Å². The monoisotopic (exact) mass is 226 g/mol. The van der Waals surface area contributed by atoms with Crippen LogP contribution in [-0.4, -0.2) is 61.3 Å². The zero-order valence-electron chi connectivity index (χ0n) is 10.8. The lowest BCUT2D eigenvalue weighted by Crippen LogP contribution is -2.39. The largest absolute Gasteiger partial charge is 0.377 e. The lowest BCUT2D eigenvalue weighted by atomic mass is 10.2. The minimum Gasteiger partial charge on any atom is -0.377 e. The molecule has 2 aliphatic rings. The van der Waals surface area contributed by atoms with Crippen LogP contribution < -0.4 is 0 Å². The maximum Gasteiger partial charge on any atom is 0.0673 e. The van der Waals surface area contributed by atoms with Gasteiger partial charge in [0, 0.05) is 25.7 Å². The van der Waals surface area contributed by atoms with E-state index in [0.29, 0.717) is 6.10 Å². The molecule has 3 nitrogen and oxygen atoms in total. The highest BCUT2D eigenvalue weighted by Gasteiger charge is 2.28. The molecule has 0 aromatic carbocycles. The molecule has 2 rings (SSSR count). The van der Waals surface area contributed by atoms with Gasteiger partial charge < -0.3 is 4.74 Å². The van der Waals surface area contributed by atoms with Crippen molar-refractivity contribution >= 4 is 0 Å². The summed E-state index contributed by atoms with van der Waals surface area (Å²) in [6, 6.07) is 0.830. The zero-order chi connectivity index (χ0) is 11.4. The van der Waals surface area contributed by atoms with E-state index < -0.39 is 0 Å². The Morgan fingerprint density at radius 2 is 2.06 bits per heavy atom. The highest BCUT2D eigenvalue weighted by Crippen LogP contribution is 2.21. The predicted molar refractivity (Wildman–Crippen MR) is 66.7 cm³/mol. The molecule has 0 amide bonds. The molecule has 2 atom stereocenters. The van der Waals surface area contributed by atoms with Crippen molar-refractivity contribution < 1.29 is 4.74 Å². The van der Waals surface area contributed by atoms with E-state index in [9.17, 15) is 0 Å². The summed E-state index contributed by atoms with van der Waals surface area (Å²) >= 11 is 0.